The van der Waals surface area contributed by atoms with Crippen LogP contribution in [0.4, 0.5) is 0 Å². The van der Waals surface area contributed by atoms with Gasteiger partial charge < -0.3 is 5.32 Å². The van der Waals surface area contributed by atoms with Gasteiger partial charge in [-0.15, -0.1) is 11.6 Å². The van der Waals surface area contributed by atoms with E-state index in [0.717, 1.165) is 0 Å². The van der Waals surface area contributed by atoms with Gasteiger partial charge in [-0.05, 0) is 12.8 Å². The van der Waals surface area contributed by atoms with Crippen LogP contribution in [-0.4, -0.2) is 17.5 Å². The first kappa shape index (κ1) is 10.7. The van der Waals surface area contributed by atoms with Crippen molar-refractivity contribution in [2.24, 2.45) is 0 Å². The Morgan fingerprint density at radius 3 is 2.36 bits per heavy atom. The maximum Gasteiger partial charge on any atom is 0.240 e. The van der Waals surface area contributed by atoms with E-state index in [0.29, 0.717) is 12.8 Å². The van der Waals surface area contributed by atoms with E-state index in [1.807, 2.05) is 0 Å². The molecule has 0 saturated carbocycles. The Kier molecular flexibility index (Phi) is 5.24. The quantitative estimate of drug-likeness (QED) is 0.512. The maximum absolute atomic E-state index is 10.9. The van der Waals surface area contributed by atoms with Crippen LogP contribution in [0.2, 0.25) is 0 Å². The van der Waals surface area contributed by atoms with E-state index in [1.165, 1.54) is 0 Å². The minimum atomic E-state index is -1.02. The highest BCUT2D eigenvalue weighted by Crippen LogP contribution is 2.01. The summed E-state index contributed by atoms with van der Waals surface area (Å²) in [4.78, 5) is 10.9. The van der Waals surface area contributed by atoms with Gasteiger partial charge in [-0.3, -0.25) is 4.79 Å². The minimum absolute atomic E-state index is 0.365. The lowest BCUT2D eigenvalue weighted by atomic mass is 10.3. The van der Waals surface area contributed by atoms with Crippen LogP contribution in [-0.2, 0) is 9.90 Å². The highest BCUT2D eigenvalue weighted by molar-refractivity contribution is 6.30. The van der Waals surface area contributed by atoms with Crippen LogP contribution in [0.25, 0.3) is 0 Å². The van der Waals surface area contributed by atoms with E-state index >= 15 is 0 Å². The molecule has 2 atom stereocenters. The van der Waals surface area contributed by atoms with E-state index in [-0.39, 0.29) is 5.91 Å². The van der Waals surface area contributed by atoms with Gasteiger partial charge in [-0.1, -0.05) is 13.8 Å². The van der Waals surface area contributed by atoms with Gasteiger partial charge in [0.2, 0.25) is 5.91 Å². The summed E-state index contributed by atoms with van der Waals surface area (Å²) in [6, 6.07) is 0. The number of carbonyl (C=O) groups is 1. The predicted molar refractivity (Wildman–Crippen MR) is 42.8 cm³/mol. The molecule has 11 heavy (non-hydrogen) atoms. The van der Waals surface area contributed by atoms with Crippen LogP contribution < -0.4 is 5.32 Å². The molecule has 0 fully saturated rings. The summed E-state index contributed by atoms with van der Waals surface area (Å²) in [5, 5.41) is 12.4. The lowest BCUT2D eigenvalue weighted by Crippen LogP contribution is -2.38. The van der Waals surface area contributed by atoms with Gasteiger partial charge >= 0.3 is 0 Å². The Morgan fingerprint density at radius 1 is 1.45 bits per heavy atom. The van der Waals surface area contributed by atoms with Crippen molar-refractivity contribution in [1.82, 2.24) is 5.32 Å². The smallest absolute Gasteiger partial charge is 0.240 e. The number of rotatable bonds is 4. The molecule has 3 nitrogen and oxygen atoms in total. The molecular formula is C7H13ClNO2. The van der Waals surface area contributed by atoms with Crippen LogP contribution in [0.15, 0.2) is 0 Å². The molecule has 0 aliphatic carbocycles. The molecule has 1 radical (unpaired) electrons. The van der Waals surface area contributed by atoms with E-state index in [9.17, 15) is 9.90 Å². The second-order valence-corrected chi connectivity index (χ2v) is 2.81. The predicted octanol–water partition coefficient (Wildman–Crippen LogP) is 1.29. The number of hydrogen-bond donors (Lipinski definition) is 1. The lowest BCUT2D eigenvalue weighted by Gasteiger charge is -2.10. The summed E-state index contributed by atoms with van der Waals surface area (Å²) in [6.07, 6.45) is -0.0848. The SMILES string of the molecule is CCC([O])NC(=O)C(Cl)CC. The van der Waals surface area contributed by atoms with E-state index in [4.69, 9.17) is 11.6 Å². The molecule has 0 aromatic rings. The molecule has 65 valence electrons. The highest BCUT2D eigenvalue weighted by atomic mass is 35.5. The third kappa shape index (κ3) is 4.22. The zero-order valence-electron chi connectivity index (χ0n) is 6.76. The molecule has 0 aromatic carbocycles. The van der Waals surface area contributed by atoms with E-state index in [2.05, 4.69) is 5.32 Å². The average molecular weight is 179 g/mol. The van der Waals surface area contributed by atoms with Crippen LogP contribution in [0.3, 0.4) is 0 Å². The molecule has 0 bridgehead atoms. The van der Waals surface area contributed by atoms with Crippen LogP contribution in [0, 0.1) is 0 Å². The van der Waals surface area contributed by atoms with Gasteiger partial charge in [0.25, 0.3) is 0 Å². The second kappa shape index (κ2) is 5.38. The summed E-state index contributed by atoms with van der Waals surface area (Å²) < 4.78 is 0. The third-order valence-electron chi connectivity index (χ3n) is 1.32. The topological polar surface area (TPSA) is 49.0 Å². The zero-order valence-corrected chi connectivity index (χ0v) is 7.52. The fourth-order valence-electron chi connectivity index (χ4n) is 0.537. The summed E-state index contributed by atoms with van der Waals surface area (Å²) in [6.45, 7) is 3.51. The van der Waals surface area contributed by atoms with Crippen LogP contribution in [0.1, 0.15) is 26.7 Å². The summed E-state index contributed by atoms with van der Waals surface area (Å²) in [5.41, 5.74) is 0. The van der Waals surface area contributed by atoms with E-state index in [1.54, 1.807) is 13.8 Å². The Balaban J connectivity index is 3.68. The largest absolute Gasteiger partial charge is 0.327 e. The molecule has 0 spiro atoms. The molecule has 1 N–H and O–H groups in total. The molecule has 2 unspecified atom stereocenters. The lowest BCUT2D eigenvalue weighted by molar-refractivity contribution is -0.125. The van der Waals surface area contributed by atoms with Crippen molar-refractivity contribution in [3.63, 3.8) is 0 Å². The first-order valence-electron chi connectivity index (χ1n) is 3.72. The molecule has 0 heterocycles. The summed E-state index contributed by atoms with van der Waals surface area (Å²) >= 11 is 5.57. The first-order valence-corrected chi connectivity index (χ1v) is 4.15. The number of carbonyl (C=O) groups excluding carboxylic acids is 1. The van der Waals surface area contributed by atoms with Gasteiger partial charge in [0.15, 0.2) is 6.23 Å². The van der Waals surface area contributed by atoms with Crippen molar-refractivity contribution in [2.45, 2.75) is 38.3 Å². The van der Waals surface area contributed by atoms with Gasteiger partial charge in [-0.25, -0.2) is 5.11 Å². The van der Waals surface area contributed by atoms with Gasteiger partial charge in [0.05, 0.1) is 0 Å². The van der Waals surface area contributed by atoms with Crippen molar-refractivity contribution in [3.8, 4) is 0 Å². The van der Waals surface area contributed by atoms with E-state index < -0.39 is 11.6 Å². The maximum atomic E-state index is 10.9. The summed E-state index contributed by atoms with van der Waals surface area (Å²) in [5.74, 6) is -0.365. The van der Waals surface area contributed by atoms with Crippen LogP contribution >= 0.6 is 11.6 Å². The number of halogens is 1. The van der Waals surface area contributed by atoms with Gasteiger partial charge in [0, 0.05) is 0 Å². The fraction of sp³-hybridized carbons (Fsp3) is 0.857. The van der Waals surface area contributed by atoms with Crippen molar-refractivity contribution in [3.05, 3.63) is 0 Å². The second-order valence-electron chi connectivity index (χ2n) is 2.28. The monoisotopic (exact) mass is 178 g/mol. The standard InChI is InChI=1S/C7H13ClNO2/c1-3-5(8)7(11)9-6(10)4-2/h5-6H,3-4H2,1-2H3,(H,9,11). The molecule has 0 aromatic heterocycles. The van der Waals surface area contributed by atoms with Crippen molar-refractivity contribution >= 4 is 17.5 Å². The Bertz CT molecular complexity index is 130. The molecule has 0 rings (SSSR count). The number of amides is 1. The Hall–Kier alpha value is -0.280. The fourth-order valence-corrected chi connectivity index (χ4v) is 0.600. The third-order valence-corrected chi connectivity index (χ3v) is 1.82. The summed E-state index contributed by atoms with van der Waals surface area (Å²) in [7, 11) is 0. The number of alkyl halides is 1. The van der Waals surface area contributed by atoms with Gasteiger partial charge in [-0.2, -0.15) is 0 Å². The van der Waals surface area contributed by atoms with Crippen molar-refractivity contribution in [1.29, 1.82) is 0 Å². The van der Waals surface area contributed by atoms with Crippen LogP contribution in [0.5, 0.6) is 0 Å². The molecule has 1 amide bonds. The Morgan fingerprint density at radius 2 is 2.00 bits per heavy atom. The zero-order chi connectivity index (χ0) is 8.85. The molecule has 4 heteroatoms. The Labute approximate surface area is 71.7 Å². The molecule has 0 aliphatic heterocycles. The van der Waals surface area contributed by atoms with Crippen molar-refractivity contribution < 1.29 is 9.90 Å². The molecule has 0 aliphatic rings. The molecular weight excluding hydrogens is 166 g/mol. The number of hydrogen-bond acceptors (Lipinski definition) is 1. The number of nitrogens with one attached hydrogen (secondary N) is 1. The van der Waals surface area contributed by atoms with Crippen molar-refractivity contribution in [2.75, 3.05) is 0 Å². The average Bonchev–Trinajstić information content (AvgIpc) is 2.02. The van der Waals surface area contributed by atoms with Gasteiger partial charge in [0.1, 0.15) is 5.38 Å². The first-order chi connectivity index (χ1) is 5.11. The highest BCUT2D eigenvalue weighted by Gasteiger charge is 2.15. The normalized spacial score (nSPS) is 15.6. The molecule has 0 saturated heterocycles. The minimum Gasteiger partial charge on any atom is -0.327 e.